The van der Waals surface area contributed by atoms with E-state index in [1.807, 2.05) is 0 Å². The van der Waals surface area contributed by atoms with Gasteiger partial charge in [0.15, 0.2) is 5.76 Å². The molecule has 9 nitrogen and oxygen atoms in total. The number of nitrogens with zero attached hydrogens (tertiary/aromatic N) is 2. The molecule has 3 aliphatic rings. The minimum absolute atomic E-state index is 0.0194. The van der Waals surface area contributed by atoms with E-state index in [1.54, 1.807) is 6.92 Å². The molecule has 2 aromatic rings. The normalized spacial score (nSPS) is 25.0. The molecule has 0 spiro atoms. The molecule has 0 aromatic carbocycles. The predicted octanol–water partition coefficient (Wildman–Crippen LogP) is 2.21. The second kappa shape index (κ2) is 9.33. The van der Waals surface area contributed by atoms with Crippen molar-refractivity contribution in [2.24, 2.45) is 0 Å². The molecule has 12 heteroatoms. The highest BCUT2D eigenvalue weighted by Crippen LogP contribution is 2.48. The number of aromatic nitrogens is 2. The minimum Gasteiger partial charge on any atom is -0.455 e. The Morgan fingerprint density at radius 3 is 2.50 bits per heavy atom. The number of furan rings is 1. The molecule has 1 amide bonds. The van der Waals surface area contributed by atoms with Gasteiger partial charge in [-0.2, -0.15) is 18.3 Å². The zero-order valence-electron chi connectivity index (χ0n) is 18.7. The maximum atomic E-state index is 13.9. The standard InChI is InChI=1S/C22H26F3N3O6/c1-12-18-17(34-20(12)21(29)26-7-13-10-30-2-4-32-13)6-16(22(23,24)25)15-9-28(27-19(15)18)8-14-11-31-3-5-33-14/h9,13-14,16H,2-8,10-11H2,1H3,(H,26,29)/t13-,14+,16?/m1/s1. The molecule has 186 valence electrons. The Labute approximate surface area is 193 Å². The summed E-state index contributed by atoms with van der Waals surface area (Å²) in [5, 5.41) is 7.18. The van der Waals surface area contributed by atoms with Crippen LogP contribution in [0.3, 0.4) is 0 Å². The number of hydrogen-bond acceptors (Lipinski definition) is 7. The van der Waals surface area contributed by atoms with Crippen LogP contribution in [0.15, 0.2) is 10.6 Å². The van der Waals surface area contributed by atoms with Crippen LogP contribution in [0.4, 0.5) is 13.2 Å². The summed E-state index contributed by atoms with van der Waals surface area (Å²) >= 11 is 0. The molecular formula is C22H26F3N3O6. The Hall–Kier alpha value is -2.41. The second-order valence-electron chi connectivity index (χ2n) is 8.65. The summed E-state index contributed by atoms with van der Waals surface area (Å²) in [5.41, 5.74) is 1.15. The quantitative estimate of drug-likeness (QED) is 0.694. The van der Waals surface area contributed by atoms with Gasteiger partial charge in [-0.1, -0.05) is 0 Å². The lowest BCUT2D eigenvalue weighted by Crippen LogP contribution is -2.39. The Bertz CT molecular complexity index is 1040. The molecule has 2 aliphatic heterocycles. The summed E-state index contributed by atoms with van der Waals surface area (Å²) in [6.07, 6.45) is -4.05. The lowest BCUT2D eigenvalue weighted by molar-refractivity contribution is -0.151. The fraction of sp³-hybridized carbons (Fsp3) is 0.636. The maximum absolute atomic E-state index is 13.9. The van der Waals surface area contributed by atoms with Gasteiger partial charge in [-0.05, 0) is 6.92 Å². The van der Waals surface area contributed by atoms with Gasteiger partial charge >= 0.3 is 6.18 Å². The average Bonchev–Trinajstić information content (AvgIpc) is 3.38. The first-order valence-corrected chi connectivity index (χ1v) is 11.2. The molecule has 2 saturated heterocycles. The van der Waals surface area contributed by atoms with Crippen LogP contribution < -0.4 is 5.32 Å². The summed E-state index contributed by atoms with van der Waals surface area (Å²) in [5.74, 6) is -2.20. The van der Waals surface area contributed by atoms with Crippen molar-refractivity contribution >= 4 is 5.91 Å². The van der Waals surface area contributed by atoms with E-state index in [9.17, 15) is 18.0 Å². The number of alkyl halides is 3. The summed E-state index contributed by atoms with van der Waals surface area (Å²) < 4.78 is 70.8. The van der Waals surface area contributed by atoms with Gasteiger partial charge in [0.25, 0.3) is 5.91 Å². The molecule has 2 aromatic heterocycles. The van der Waals surface area contributed by atoms with E-state index < -0.39 is 24.4 Å². The number of fused-ring (bicyclic) bond motifs is 3. The third-order valence-electron chi connectivity index (χ3n) is 6.26. The van der Waals surface area contributed by atoms with Crippen molar-refractivity contribution in [1.29, 1.82) is 0 Å². The molecule has 4 heterocycles. The van der Waals surface area contributed by atoms with Crippen molar-refractivity contribution in [3.63, 3.8) is 0 Å². The first-order chi connectivity index (χ1) is 16.3. The van der Waals surface area contributed by atoms with Crippen LogP contribution >= 0.6 is 0 Å². The fourth-order valence-electron chi connectivity index (χ4n) is 4.60. The highest BCUT2D eigenvalue weighted by Gasteiger charge is 2.48. The molecule has 34 heavy (non-hydrogen) atoms. The van der Waals surface area contributed by atoms with Gasteiger partial charge in [0.05, 0.1) is 63.9 Å². The largest absolute Gasteiger partial charge is 0.455 e. The smallest absolute Gasteiger partial charge is 0.396 e. The summed E-state index contributed by atoms with van der Waals surface area (Å²) in [6.45, 7) is 4.70. The van der Waals surface area contributed by atoms with E-state index in [1.165, 1.54) is 10.9 Å². The topological polar surface area (TPSA) is 97.0 Å². The summed E-state index contributed by atoms with van der Waals surface area (Å²) in [6, 6.07) is 0. The Morgan fingerprint density at radius 1 is 1.15 bits per heavy atom. The Kier molecular flexibility index (Phi) is 6.40. The number of amides is 1. The molecule has 1 unspecified atom stereocenters. The first-order valence-electron chi connectivity index (χ1n) is 11.2. The van der Waals surface area contributed by atoms with Crippen LogP contribution in [-0.4, -0.2) is 80.3 Å². The van der Waals surface area contributed by atoms with E-state index in [2.05, 4.69) is 10.4 Å². The molecule has 2 fully saturated rings. The monoisotopic (exact) mass is 485 g/mol. The number of carbonyl (C=O) groups excluding carboxylic acids is 1. The number of ether oxygens (including phenoxy) is 4. The molecular weight excluding hydrogens is 459 g/mol. The third kappa shape index (κ3) is 4.59. The summed E-state index contributed by atoms with van der Waals surface area (Å²) in [4.78, 5) is 12.8. The second-order valence-corrected chi connectivity index (χ2v) is 8.65. The van der Waals surface area contributed by atoms with Crippen molar-refractivity contribution in [2.45, 2.75) is 44.2 Å². The van der Waals surface area contributed by atoms with Crippen molar-refractivity contribution in [3.05, 3.63) is 28.8 Å². The van der Waals surface area contributed by atoms with Gasteiger partial charge < -0.3 is 28.7 Å². The lowest BCUT2D eigenvalue weighted by Gasteiger charge is -2.23. The number of nitrogens with one attached hydrogen (secondary N) is 1. The van der Waals surface area contributed by atoms with Crippen molar-refractivity contribution < 1.29 is 41.3 Å². The van der Waals surface area contributed by atoms with Crippen LogP contribution in [0.2, 0.25) is 0 Å². The molecule has 0 saturated carbocycles. The molecule has 1 N–H and O–H groups in total. The van der Waals surface area contributed by atoms with Gasteiger partial charge in [0.1, 0.15) is 11.9 Å². The third-order valence-corrected chi connectivity index (χ3v) is 6.26. The van der Waals surface area contributed by atoms with E-state index >= 15 is 0 Å². The van der Waals surface area contributed by atoms with Crippen LogP contribution in [0.1, 0.15) is 33.4 Å². The Balaban J connectivity index is 1.42. The van der Waals surface area contributed by atoms with Gasteiger partial charge in [0.2, 0.25) is 0 Å². The number of halogens is 3. The van der Waals surface area contributed by atoms with Gasteiger partial charge in [-0.15, -0.1) is 0 Å². The van der Waals surface area contributed by atoms with Crippen LogP contribution in [0.25, 0.3) is 11.3 Å². The van der Waals surface area contributed by atoms with E-state index in [-0.39, 0.29) is 48.1 Å². The first kappa shape index (κ1) is 23.3. The van der Waals surface area contributed by atoms with Crippen LogP contribution in [0, 0.1) is 6.92 Å². The van der Waals surface area contributed by atoms with Crippen molar-refractivity contribution in [3.8, 4) is 11.3 Å². The number of rotatable bonds is 5. The van der Waals surface area contributed by atoms with E-state index in [0.29, 0.717) is 50.8 Å². The van der Waals surface area contributed by atoms with E-state index in [0.717, 1.165) is 0 Å². The SMILES string of the molecule is Cc1c(C(=O)NC[C@@H]2COCCO2)oc2c1-c1nn(C[C@H]3COCCO3)cc1C(C(F)(F)F)C2. The molecule has 0 radical (unpaired) electrons. The maximum Gasteiger partial charge on any atom is 0.396 e. The van der Waals surface area contributed by atoms with Gasteiger partial charge in [-0.3, -0.25) is 9.48 Å². The lowest BCUT2D eigenvalue weighted by atomic mass is 9.84. The molecule has 0 bridgehead atoms. The molecule has 5 rings (SSSR count). The van der Waals surface area contributed by atoms with Crippen molar-refractivity contribution in [2.75, 3.05) is 46.2 Å². The molecule has 1 aliphatic carbocycles. The van der Waals surface area contributed by atoms with Crippen molar-refractivity contribution in [1.82, 2.24) is 15.1 Å². The molecule has 3 atom stereocenters. The Morgan fingerprint density at radius 2 is 1.85 bits per heavy atom. The van der Waals surface area contributed by atoms with Crippen LogP contribution in [-0.2, 0) is 31.9 Å². The van der Waals surface area contributed by atoms with E-state index in [4.69, 9.17) is 23.4 Å². The van der Waals surface area contributed by atoms with Gasteiger partial charge in [-0.25, -0.2) is 0 Å². The van der Waals surface area contributed by atoms with Gasteiger partial charge in [0, 0.05) is 35.9 Å². The fourth-order valence-corrected chi connectivity index (χ4v) is 4.60. The zero-order valence-corrected chi connectivity index (χ0v) is 18.7. The predicted molar refractivity (Wildman–Crippen MR) is 111 cm³/mol. The average molecular weight is 485 g/mol. The highest BCUT2D eigenvalue weighted by molar-refractivity contribution is 5.95. The zero-order chi connectivity index (χ0) is 23.9. The van der Waals surface area contributed by atoms with Crippen LogP contribution in [0.5, 0.6) is 0 Å². The number of carbonyl (C=O) groups is 1. The minimum atomic E-state index is -4.49. The highest BCUT2D eigenvalue weighted by atomic mass is 19.4. The number of hydrogen-bond donors (Lipinski definition) is 1. The summed E-state index contributed by atoms with van der Waals surface area (Å²) in [7, 11) is 0.